The average Bonchev–Trinajstić information content (AvgIpc) is 2.76. The SMILES string of the molecule is Cc1cc(C(=O)Cc2ccco2)c(F)cc1F. The molecule has 2 aromatic rings. The Kier molecular flexibility index (Phi) is 3.04. The molecule has 0 saturated heterocycles. The van der Waals surface area contributed by atoms with Gasteiger partial charge in [0.2, 0.25) is 0 Å². The molecule has 2 rings (SSSR count). The van der Waals surface area contributed by atoms with Gasteiger partial charge in [-0.3, -0.25) is 4.79 Å². The summed E-state index contributed by atoms with van der Waals surface area (Å²) in [5.74, 6) is -1.47. The fourth-order valence-electron chi connectivity index (χ4n) is 1.54. The number of benzene rings is 1. The van der Waals surface area contributed by atoms with Gasteiger partial charge in [-0.1, -0.05) is 0 Å². The van der Waals surface area contributed by atoms with Crippen LogP contribution in [-0.2, 0) is 6.42 Å². The van der Waals surface area contributed by atoms with Crippen molar-refractivity contribution in [2.45, 2.75) is 13.3 Å². The van der Waals surface area contributed by atoms with Crippen molar-refractivity contribution in [1.82, 2.24) is 0 Å². The minimum absolute atomic E-state index is 0.0327. The third-order valence-corrected chi connectivity index (χ3v) is 2.46. The lowest BCUT2D eigenvalue weighted by atomic mass is 10.0. The maximum Gasteiger partial charge on any atom is 0.173 e. The number of hydrogen-bond acceptors (Lipinski definition) is 2. The minimum Gasteiger partial charge on any atom is -0.469 e. The summed E-state index contributed by atoms with van der Waals surface area (Å²) >= 11 is 0. The standard InChI is InChI=1S/C13H10F2O2/c1-8-5-10(12(15)7-11(8)14)13(16)6-9-3-2-4-17-9/h2-5,7H,6H2,1H3. The van der Waals surface area contributed by atoms with Crippen molar-refractivity contribution in [3.63, 3.8) is 0 Å². The Balaban J connectivity index is 2.28. The average molecular weight is 236 g/mol. The van der Waals surface area contributed by atoms with E-state index in [-0.39, 0.29) is 17.5 Å². The van der Waals surface area contributed by atoms with Gasteiger partial charge in [-0.15, -0.1) is 0 Å². The Morgan fingerprint density at radius 2 is 2.06 bits per heavy atom. The van der Waals surface area contributed by atoms with E-state index in [1.165, 1.54) is 19.3 Å². The highest BCUT2D eigenvalue weighted by molar-refractivity contribution is 5.97. The lowest BCUT2D eigenvalue weighted by Gasteiger charge is -2.03. The van der Waals surface area contributed by atoms with Crippen molar-refractivity contribution < 1.29 is 18.0 Å². The lowest BCUT2D eigenvalue weighted by molar-refractivity contribution is 0.0983. The molecule has 0 amide bonds. The van der Waals surface area contributed by atoms with Gasteiger partial charge in [0.1, 0.15) is 17.4 Å². The van der Waals surface area contributed by atoms with Crippen LogP contribution in [0.3, 0.4) is 0 Å². The second-order valence-corrected chi connectivity index (χ2v) is 3.76. The first-order valence-corrected chi connectivity index (χ1v) is 5.09. The van der Waals surface area contributed by atoms with E-state index in [1.54, 1.807) is 12.1 Å². The van der Waals surface area contributed by atoms with Gasteiger partial charge in [0, 0.05) is 6.07 Å². The Morgan fingerprint density at radius 3 is 2.71 bits per heavy atom. The van der Waals surface area contributed by atoms with Crippen LogP contribution in [0.2, 0.25) is 0 Å². The van der Waals surface area contributed by atoms with Crippen LogP contribution < -0.4 is 0 Å². The number of aryl methyl sites for hydroxylation is 1. The number of hydrogen-bond donors (Lipinski definition) is 0. The molecule has 0 aliphatic heterocycles. The fraction of sp³-hybridized carbons (Fsp3) is 0.154. The molecule has 0 aliphatic carbocycles. The summed E-state index contributed by atoms with van der Waals surface area (Å²) in [4.78, 5) is 11.8. The molecule has 0 atom stereocenters. The van der Waals surface area contributed by atoms with Crippen LogP contribution in [0, 0.1) is 18.6 Å². The van der Waals surface area contributed by atoms with Gasteiger partial charge < -0.3 is 4.42 Å². The number of carbonyl (C=O) groups is 1. The molecule has 0 N–H and O–H groups in total. The molecule has 0 fully saturated rings. The molecular formula is C13H10F2O2. The minimum atomic E-state index is -0.843. The largest absolute Gasteiger partial charge is 0.469 e. The topological polar surface area (TPSA) is 30.2 Å². The molecule has 1 aromatic carbocycles. The van der Waals surface area contributed by atoms with E-state index in [4.69, 9.17) is 4.42 Å². The molecule has 0 bridgehead atoms. The Bertz CT molecular complexity index is 545. The first kappa shape index (κ1) is 11.5. The summed E-state index contributed by atoms with van der Waals surface area (Å²) in [7, 11) is 0. The second kappa shape index (κ2) is 4.49. The van der Waals surface area contributed by atoms with E-state index in [9.17, 15) is 13.6 Å². The van der Waals surface area contributed by atoms with Gasteiger partial charge in [0.05, 0.1) is 18.2 Å². The van der Waals surface area contributed by atoms with E-state index >= 15 is 0 Å². The van der Waals surface area contributed by atoms with Gasteiger partial charge in [0.15, 0.2) is 5.78 Å². The third kappa shape index (κ3) is 2.41. The molecule has 1 aromatic heterocycles. The molecule has 4 heteroatoms. The van der Waals surface area contributed by atoms with Gasteiger partial charge in [-0.25, -0.2) is 8.78 Å². The van der Waals surface area contributed by atoms with Crippen LogP contribution in [0.15, 0.2) is 34.9 Å². The van der Waals surface area contributed by atoms with Crippen LogP contribution in [-0.4, -0.2) is 5.78 Å². The van der Waals surface area contributed by atoms with Crippen molar-refractivity contribution >= 4 is 5.78 Å². The quantitative estimate of drug-likeness (QED) is 0.765. The van der Waals surface area contributed by atoms with Crippen LogP contribution in [0.4, 0.5) is 8.78 Å². The molecule has 0 spiro atoms. The summed E-state index contributed by atoms with van der Waals surface area (Å²) in [6.07, 6.45) is 1.41. The van der Waals surface area contributed by atoms with Gasteiger partial charge >= 0.3 is 0 Å². The molecule has 88 valence electrons. The van der Waals surface area contributed by atoms with Crippen LogP contribution in [0.5, 0.6) is 0 Å². The molecule has 0 unspecified atom stereocenters. The molecule has 0 radical (unpaired) electrons. The van der Waals surface area contributed by atoms with Crippen molar-refractivity contribution in [3.8, 4) is 0 Å². The predicted molar refractivity (Wildman–Crippen MR) is 57.8 cm³/mol. The second-order valence-electron chi connectivity index (χ2n) is 3.76. The lowest BCUT2D eigenvalue weighted by Crippen LogP contribution is -2.07. The van der Waals surface area contributed by atoms with E-state index in [0.29, 0.717) is 5.76 Å². The number of Topliss-reactive ketones (excluding diaryl/α,β-unsaturated/α-hetero) is 1. The maximum absolute atomic E-state index is 13.4. The molecule has 0 aliphatic rings. The third-order valence-electron chi connectivity index (χ3n) is 2.46. The van der Waals surface area contributed by atoms with E-state index < -0.39 is 17.4 Å². The fourth-order valence-corrected chi connectivity index (χ4v) is 1.54. The van der Waals surface area contributed by atoms with Crippen LogP contribution >= 0.6 is 0 Å². The highest BCUT2D eigenvalue weighted by Crippen LogP contribution is 2.16. The van der Waals surface area contributed by atoms with Crippen molar-refractivity contribution in [3.05, 3.63) is 59.1 Å². The Hall–Kier alpha value is -1.97. The number of ketones is 1. The molecule has 2 nitrogen and oxygen atoms in total. The smallest absolute Gasteiger partial charge is 0.173 e. The van der Waals surface area contributed by atoms with Gasteiger partial charge in [-0.2, -0.15) is 0 Å². The zero-order chi connectivity index (χ0) is 12.4. The zero-order valence-electron chi connectivity index (χ0n) is 9.17. The molecule has 0 saturated carbocycles. The normalized spacial score (nSPS) is 10.5. The maximum atomic E-state index is 13.4. The number of furan rings is 1. The van der Waals surface area contributed by atoms with Crippen LogP contribution in [0.25, 0.3) is 0 Å². The number of halogens is 2. The summed E-state index contributed by atoms with van der Waals surface area (Å²) in [6.45, 7) is 1.48. The van der Waals surface area contributed by atoms with Crippen molar-refractivity contribution in [2.24, 2.45) is 0 Å². The molecule has 1 heterocycles. The monoisotopic (exact) mass is 236 g/mol. The first-order valence-electron chi connectivity index (χ1n) is 5.09. The first-order chi connectivity index (χ1) is 8.08. The van der Waals surface area contributed by atoms with Crippen LogP contribution in [0.1, 0.15) is 21.7 Å². The highest BCUT2D eigenvalue weighted by Gasteiger charge is 2.15. The van der Waals surface area contributed by atoms with Gasteiger partial charge in [0.25, 0.3) is 0 Å². The number of rotatable bonds is 3. The molecule has 17 heavy (non-hydrogen) atoms. The summed E-state index contributed by atoms with van der Waals surface area (Å²) in [5, 5.41) is 0. The Labute approximate surface area is 96.9 Å². The zero-order valence-corrected chi connectivity index (χ0v) is 9.17. The van der Waals surface area contributed by atoms with E-state index in [2.05, 4.69) is 0 Å². The Morgan fingerprint density at radius 1 is 1.29 bits per heavy atom. The van der Waals surface area contributed by atoms with Crippen molar-refractivity contribution in [2.75, 3.05) is 0 Å². The summed E-state index contributed by atoms with van der Waals surface area (Å²) in [5.41, 5.74) is 0.134. The van der Waals surface area contributed by atoms with Gasteiger partial charge in [-0.05, 0) is 30.7 Å². The van der Waals surface area contributed by atoms with Crippen molar-refractivity contribution in [1.29, 1.82) is 0 Å². The van der Waals surface area contributed by atoms with E-state index in [1.807, 2.05) is 0 Å². The summed E-state index contributed by atoms with van der Waals surface area (Å²) in [6, 6.07) is 5.22. The number of carbonyl (C=O) groups excluding carboxylic acids is 1. The van der Waals surface area contributed by atoms with E-state index in [0.717, 1.165) is 6.07 Å². The predicted octanol–water partition coefficient (Wildman–Crippen LogP) is 3.29. The highest BCUT2D eigenvalue weighted by atomic mass is 19.1. The molecular weight excluding hydrogens is 226 g/mol. The summed E-state index contributed by atoms with van der Waals surface area (Å²) < 4.78 is 31.5.